The van der Waals surface area contributed by atoms with Crippen molar-refractivity contribution in [1.29, 1.82) is 0 Å². The highest BCUT2D eigenvalue weighted by Gasteiger charge is 2.35. The number of hydrogen-bond donors (Lipinski definition) is 1. The molecule has 1 aliphatic heterocycles. The number of ether oxygens (including phenoxy) is 1. The van der Waals surface area contributed by atoms with E-state index in [2.05, 4.69) is 5.32 Å². The Balaban J connectivity index is 1.72. The summed E-state index contributed by atoms with van der Waals surface area (Å²) in [6.45, 7) is 4.32. The summed E-state index contributed by atoms with van der Waals surface area (Å²) in [6.07, 6.45) is 0.225. The van der Waals surface area contributed by atoms with Crippen LogP contribution in [-0.4, -0.2) is 25.5 Å². The van der Waals surface area contributed by atoms with Gasteiger partial charge in [-0.15, -0.1) is 0 Å². The van der Waals surface area contributed by atoms with Crippen molar-refractivity contribution in [1.82, 2.24) is 0 Å². The van der Waals surface area contributed by atoms with Crippen molar-refractivity contribution in [3.63, 3.8) is 0 Å². The highest BCUT2D eigenvalue weighted by Crippen LogP contribution is 2.28. The maximum Gasteiger partial charge on any atom is 0.229 e. The van der Waals surface area contributed by atoms with E-state index in [9.17, 15) is 9.59 Å². The van der Waals surface area contributed by atoms with Gasteiger partial charge in [-0.05, 0) is 49.2 Å². The van der Waals surface area contributed by atoms with Crippen molar-refractivity contribution in [2.75, 3.05) is 23.9 Å². The molecule has 1 fully saturated rings. The van der Waals surface area contributed by atoms with Crippen LogP contribution in [0.5, 0.6) is 5.75 Å². The van der Waals surface area contributed by atoms with Crippen LogP contribution in [0.25, 0.3) is 0 Å². The average Bonchev–Trinajstić information content (AvgIpc) is 3.00. The Morgan fingerprint density at radius 1 is 1.12 bits per heavy atom. The monoisotopic (exact) mass is 338 g/mol. The minimum Gasteiger partial charge on any atom is -0.497 e. The van der Waals surface area contributed by atoms with Crippen LogP contribution in [0.4, 0.5) is 11.4 Å². The molecule has 1 saturated heterocycles. The average molecular weight is 338 g/mol. The molecule has 1 N–H and O–H groups in total. The van der Waals surface area contributed by atoms with Gasteiger partial charge < -0.3 is 15.0 Å². The zero-order chi connectivity index (χ0) is 18.0. The topological polar surface area (TPSA) is 58.6 Å². The second-order valence-corrected chi connectivity index (χ2v) is 6.36. The zero-order valence-electron chi connectivity index (χ0n) is 14.7. The van der Waals surface area contributed by atoms with Crippen LogP contribution in [-0.2, 0) is 9.59 Å². The number of aryl methyl sites for hydroxylation is 2. The smallest absolute Gasteiger partial charge is 0.229 e. The summed E-state index contributed by atoms with van der Waals surface area (Å²) < 4.78 is 5.14. The van der Waals surface area contributed by atoms with Gasteiger partial charge in [0, 0.05) is 24.3 Å². The Bertz CT molecular complexity index is 779. The van der Waals surface area contributed by atoms with E-state index in [1.165, 1.54) is 0 Å². The normalized spacial score (nSPS) is 16.8. The summed E-state index contributed by atoms with van der Waals surface area (Å²) >= 11 is 0. The van der Waals surface area contributed by atoms with Gasteiger partial charge in [0.25, 0.3) is 0 Å². The molecule has 0 aliphatic carbocycles. The molecule has 0 spiro atoms. The molecule has 25 heavy (non-hydrogen) atoms. The number of methoxy groups -OCH3 is 1. The quantitative estimate of drug-likeness (QED) is 0.930. The van der Waals surface area contributed by atoms with Gasteiger partial charge in [0.05, 0.1) is 13.0 Å². The molecule has 2 aromatic rings. The molecule has 0 saturated carbocycles. The maximum atomic E-state index is 12.6. The van der Waals surface area contributed by atoms with Crippen molar-refractivity contribution in [2.24, 2.45) is 5.92 Å². The van der Waals surface area contributed by atoms with Crippen molar-refractivity contribution in [2.45, 2.75) is 20.3 Å². The SMILES string of the molecule is COc1ccc(N2C[C@H](C(=O)Nc3c(C)cccc3C)CC2=O)cc1. The molecule has 5 nitrogen and oxygen atoms in total. The van der Waals surface area contributed by atoms with Crippen LogP contribution in [0.15, 0.2) is 42.5 Å². The fourth-order valence-corrected chi connectivity index (χ4v) is 3.13. The first-order valence-electron chi connectivity index (χ1n) is 8.31. The Hall–Kier alpha value is -2.82. The number of carbonyl (C=O) groups is 2. The van der Waals surface area contributed by atoms with E-state index >= 15 is 0 Å². The summed E-state index contributed by atoms with van der Waals surface area (Å²) in [4.78, 5) is 26.6. The maximum absolute atomic E-state index is 12.6. The molecule has 1 heterocycles. The van der Waals surface area contributed by atoms with E-state index < -0.39 is 0 Å². The van der Waals surface area contributed by atoms with E-state index in [1.54, 1.807) is 12.0 Å². The number of nitrogens with one attached hydrogen (secondary N) is 1. The molecule has 1 atom stereocenters. The molecular weight excluding hydrogens is 316 g/mol. The first-order chi connectivity index (χ1) is 12.0. The van der Waals surface area contributed by atoms with Crippen LogP contribution in [0.2, 0.25) is 0 Å². The number of nitrogens with zero attached hydrogens (tertiary/aromatic N) is 1. The molecule has 1 aliphatic rings. The van der Waals surface area contributed by atoms with Gasteiger partial charge in [-0.2, -0.15) is 0 Å². The molecule has 0 bridgehead atoms. The van der Waals surface area contributed by atoms with E-state index in [-0.39, 0.29) is 24.2 Å². The highest BCUT2D eigenvalue weighted by molar-refractivity contribution is 6.03. The van der Waals surface area contributed by atoms with Crippen LogP contribution < -0.4 is 15.0 Å². The molecule has 2 aromatic carbocycles. The summed E-state index contributed by atoms with van der Waals surface area (Å²) in [7, 11) is 1.60. The van der Waals surface area contributed by atoms with Gasteiger partial charge in [-0.1, -0.05) is 18.2 Å². The zero-order valence-corrected chi connectivity index (χ0v) is 14.7. The summed E-state index contributed by atoms with van der Waals surface area (Å²) in [5.74, 6) is 0.238. The lowest BCUT2D eigenvalue weighted by atomic mass is 10.1. The van der Waals surface area contributed by atoms with Crippen LogP contribution in [0.3, 0.4) is 0 Å². The van der Waals surface area contributed by atoms with Crippen LogP contribution in [0, 0.1) is 19.8 Å². The van der Waals surface area contributed by atoms with Gasteiger partial charge in [-0.3, -0.25) is 9.59 Å². The van der Waals surface area contributed by atoms with Gasteiger partial charge >= 0.3 is 0 Å². The lowest BCUT2D eigenvalue weighted by Gasteiger charge is -2.18. The molecule has 130 valence electrons. The minimum atomic E-state index is -0.353. The number of anilines is 2. The number of hydrogen-bond acceptors (Lipinski definition) is 3. The summed E-state index contributed by atoms with van der Waals surface area (Å²) in [5, 5.41) is 2.99. The Kier molecular flexibility index (Phi) is 4.74. The largest absolute Gasteiger partial charge is 0.497 e. The van der Waals surface area contributed by atoms with Crippen molar-refractivity contribution in [3.05, 3.63) is 53.6 Å². The number of rotatable bonds is 4. The number of para-hydroxylation sites is 1. The fraction of sp³-hybridized carbons (Fsp3) is 0.300. The minimum absolute atomic E-state index is 0.0353. The standard InChI is InChI=1S/C20H22N2O3/c1-13-5-4-6-14(2)19(13)21-20(24)15-11-18(23)22(12-15)16-7-9-17(25-3)10-8-16/h4-10,15H,11-12H2,1-3H3,(H,21,24)/t15-/m1/s1. The van der Waals surface area contributed by atoms with E-state index in [0.717, 1.165) is 28.3 Å². The van der Waals surface area contributed by atoms with Gasteiger partial charge in [-0.25, -0.2) is 0 Å². The molecule has 0 unspecified atom stereocenters. The first-order valence-corrected chi connectivity index (χ1v) is 8.31. The van der Waals surface area contributed by atoms with Crippen molar-refractivity contribution < 1.29 is 14.3 Å². The Morgan fingerprint density at radius 3 is 2.36 bits per heavy atom. The highest BCUT2D eigenvalue weighted by atomic mass is 16.5. The van der Waals surface area contributed by atoms with Crippen LogP contribution >= 0.6 is 0 Å². The van der Waals surface area contributed by atoms with E-state index in [0.29, 0.717) is 6.54 Å². The third-order valence-electron chi connectivity index (χ3n) is 4.61. The summed E-state index contributed by atoms with van der Waals surface area (Å²) in [6, 6.07) is 13.2. The second-order valence-electron chi connectivity index (χ2n) is 6.36. The number of benzene rings is 2. The van der Waals surface area contributed by atoms with E-state index in [1.807, 2.05) is 56.3 Å². The number of carbonyl (C=O) groups excluding carboxylic acids is 2. The Morgan fingerprint density at radius 2 is 1.76 bits per heavy atom. The lowest BCUT2D eigenvalue weighted by molar-refractivity contribution is -0.122. The van der Waals surface area contributed by atoms with E-state index in [4.69, 9.17) is 4.74 Å². The number of amides is 2. The van der Waals surface area contributed by atoms with Crippen LogP contribution in [0.1, 0.15) is 17.5 Å². The fourth-order valence-electron chi connectivity index (χ4n) is 3.13. The van der Waals surface area contributed by atoms with Gasteiger partial charge in [0.2, 0.25) is 11.8 Å². The summed E-state index contributed by atoms with van der Waals surface area (Å²) in [5.41, 5.74) is 3.66. The molecule has 3 rings (SSSR count). The third kappa shape index (κ3) is 3.50. The molecular formula is C20H22N2O3. The molecule has 5 heteroatoms. The first kappa shape index (κ1) is 17.0. The lowest BCUT2D eigenvalue weighted by Crippen LogP contribution is -2.28. The molecule has 0 aromatic heterocycles. The second kappa shape index (κ2) is 6.97. The Labute approximate surface area is 147 Å². The molecule has 0 radical (unpaired) electrons. The predicted octanol–water partition coefficient (Wildman–Crippen LogP) is 3.30. The molecule has 2 amide bonds. The predicted molar refractivity (Wildman–Crippen MR) is 98.0 cm³/mol. The van der Waals surface area contributed by atoms with Gasteiger partial charge in [0.1, 0.15) is 5.75 Å². The van der Waals surface area contributed by atoms with Crippen molar-refractivity contribution in [3.8, 4) is 5.75 Å². The third-order valence-corrected chi connectivity index (χ3v) is 4.61. The van der Waals surface area contributed by atoms with Gasteiger partial charge in [0.15, 0.2) is 0 Å². The van der Waals surface area contributed by atoms with Crippen molar-refractivity contribution >= 4 is 23.2 Å².